The number of aryl methyl sites for hydroxylation is 3. The second-order valence-electron chi connectivity index (χ2n) is 7.75. The van der Waals surface area contributed by atoms with Crippen LogP contribution in [0.15, 0.2) is 24.3 Å². The van der Waals surface area contributed by atoms with Crippen molar-refractivity contribution in [3.8, 4) is 0 Å². The lowest BCUT2D eigenvalue weighted by molar-refractivity contribution is -0.383. The molecule has 152 valence electrons. The van der Waals surface area contributed by atoms with Crippen molar-refractivity contribution in [1.29, 1.82) is 0 Å². The molecule has 4 rings (SSSR count). The van der Waals surface area contributed by atoms with Gasteiger partial charge in [0, 0.05) is 73.9 Å². The van der Waals surface area contributed by atoms with Crippen LogP contribution in [-0.2, 0) is 13.6 Å². The summed E-state index contributed by atoms with van der Waals surface area (Å²) in [6, 6.07) is 7.23. The second kappa shape index (κ2) is 7.44. The second-order valence-corrected chi connectivity index (χ2v) is 7.75. The number of hydrogen-bond donors (Lipinski definition) is 0. The molecule has 8 heteroatoms. The van der Waals surface area contributed by atoms with Gasteiger partial charge in [0.15, 0.2) is 5.52 Å². The van der Waals surface area contributed by atoms with E-state index in [-0.39, 0.29) is 10.6 Å². The fraction of sp³-hybridized carbons (Fsp3) is 0.429. The number of fused-ring (bicyclic) bond motifs is 1. The monoisotopic (exact) mass is 394 g/mol. The highest BCUT2D eigenvalue weighted by molar-refractivity contribution is 5.97. The van der Waals surface area contributed by atoms with Gasteiger partial charge in [0.05, 0.1) is 10.6 Å². The average Bonchev–Trinajstić information content (AvgIpc) is 2.93. The number of anilines is 1. The number of aromatic nitrogens is 3. The van der Waals surface area contributed by atoms with Crippen molar-refractivity contribution in [2.75, 3.05) is 31.1 Å². The number of hydrogen-bond acceptors (Lipinski definition) is 6. The van der Waals surface area contributed by atoms with Crippen LogP contribution in [0.2, 0.25) is 0 Å². The first kappa shape index (κ1) is 19.3. The number of pyridine rings is 1. The molecule has 0 aliphatic carbocycles. The maximum Gasteiger partial charge on any atom is 0.295 e. The highest BCUT2D eigenvalue weighted by Gasteiger charge is 2.23. The number of nitrogens with zero attached hydrogens (tertiary/aromatic N) is 6. The van der Waals surface area contributed by atoms with E-state index in [0.717, 1.165) is 55.2 Å². The molecule has 0 radical (unpaired) electrons. The summed E-state index contributed by atoms with van der Waals surface area (Å²) in [7, 11) is 1.99. The van der Waals surface area contributed by atoms with Gasteiger partial charge < -0.3 is 4.90 Å². The van der Waals surface area contributed by atoms with Crippen LogP contribution in [-0.4, -0.2) is 50.8 Å². The van der Waals surface area contributed by atoms with Crippen LogP contribution in [0.25, 0.3) is 10.9 Å². The summed E-state index contributed by atoms with van der Waals surface area (Å²) in [6.07, 6.45) is 0. The van der Waals surface area contributed by atoms with Gasteiger partial charge in [-0.2, -0.15) is 5.10 Å². The standard InChI is InChI=1S/C21H26N6O2/c1-14-12-20(17-6-5-7-19(27(28)29)21(17)22-14)26-10-8-25(9-11-26)13-18-15(2)23-24(4)16(18)3/h5-7,12H,8-11,13H2,1-4H3. The highest BCUT2D eigenvalue weighted by atomic mass is 16.6. The van der Waals surface area contributed by atoms with Crippen LogP contribution in [0.1, 0.15) is 22.6 Å². The molecule has 0 atom stereocenters. The molecule has 0 saturated carbocycles. The third-order valence-electron chi connectivity index (χ3n) is 5.87. The van der Waals surface area contributed by atoms with Gasteiger partial charge in [-0.05, 0) is 26.8 Å². The van der Waals surface area contributed by atoms with Crippen molar-refractivity contribution in [3.63, 3.8) is 0 Å². The summed E-state index contributed by atoms with van der Waals surface area (Å²) in [6.45, 7) is 10.6. The lowest BCUT2D eigenvalue weighted by Crippen LogP contribution is -2.46. The van der Waals surface area contributed by atoms with E-state index in [2.05, 4.69) is 33.7 Å². The molecule has 1 saturated heterocycles. The Labute approximate surface area is 169 Å². The van der Waals surface area contributed by atoms with Gasteiger partial charge in [0.25, 0.3) is 5.69 Å². The molecular weight excluding hydrogens is 368 g/mol. The topological polar surface area (TPSA) is 80.3 Å². The van der Waals surface area contributed by atoms with Gasteiger partial charge in [0.1, 0.15) is 0 Å². The first-order valence-corrected chi connectivity index (χ1v) is 9.86. The summed E-state index contributed by atoms with van der Waals surface area (Å²) in [5, 5.41) is 16.8. The zero-order valence-corrected chi connectivity index (χ0v) is 17.3. The van der Waals surface area contributed by atoms with Crippen LogP contribution in [0.4, 0.5) is 11.4 Å². The van der Waals surface area contributed by atoms with Crippen molar-refractivity contribution in [1.82, 2.24) is 19.7 Å². The molecule has 0 N–H and O–H groups in total. The van der Waals surface area contributed by atoms with Crippen LogP contribution >= 0.6 is 0 Å². The third-order valence-corrected chi connectivity index (χ3v) is 5.87. The van der Waals surface area contributed by atoms with E-state index < -0.39 is 0 Å². The van der Waals surface area contributed by atoms with E-state index in [1.807, 2.05) is 30.8 Å². The molecular formula is C21H26N6O2. The molecule has 1 aromatic carbocycles. The SMILES string of the molecule is Cc1cc(N2CCN(Cc3c(C)nn(C)c3C)CC2)c2cccc([N+](=O)[O-])c2n1. The molecule has 0 unspecified atom stereocenters. The first-order valence-electron chi connectivity index (χ1n) is 9.86. The zero-order valence-electron chi connectivity index (χ0n) is 17.3. The molecule has 1 aliphatic heterocycles. The van der Waals surface area contributed by atoms with Gasteiger partial charge in [-0.1, -0.05) is 12.1 Å². The molecule has 1 aliphatic rings. The minimum atomic E-state index is -0.352. The van der Waals surface area contributed by atoms with E-state index >= 15 is 0 Å². The van der Waals surface area contributed by atoms with Gasteiger partial charge in [-0.25, -0.2) is 4.98 Å². The van der Waals surface area contributed by atoms with Crippen LogP contribution in [0.5, 0.6) is 0 Å². The van der Waals surface area contributed by atoms with Crippen LogP contribution in [0, 0.1) is 30.9 Å². The Bertz CT molecular complexity index is 1080. The lowest BCUT2D eigenvalue weighted by atomic mass is 10.1. The molecule has 3 aromatic rings. The molecule has 29 heavy (non-hydrogen) atoms. The Morgan fingerprint density at radius 3 is 2.48 bits per heavy atom. The Morgan fingerprint density at radius 1 is 1.14 bits per heavy atom. The Balaban J connectivity index is 1.56. The van der Waals surface area contributed by atoms with Gasteiger partial charge in [0.2, 0.25) is 0 Å². The van der Waals surface area contributed by atoms with Crippen LogP contribution in [0.3, 0.4) is 0 Å². The predicted molar refractivity (Wildman–Crippen MR) is 113 cm³/mol. The molecule has 8 nitrogen and oxygen atoms in total. The van der Waals surface area contributed by atoms with Gasteiger partial charge in [-0.15, -0.1) is 0 Å². The maximum absolute atomic E-state index is 11.4. The minimum Gasteiger partial charge on any atom is -0.368 e. The largest absolute Gasteiger partial charge is 0.368 e. The number of rotatable bonds is 4. The molecule has 2 aromatic heterocycles. The minimum absolute atomic E-state index is 0.0635. The molecule has 0 spiro atoms. The molecule has 3 heterocycles. The van der Waals surface area contributed by atoms with Crippen LogP contribution < -0.4 is 4.90 Å². The summed E-state index contributed by atoms with van der Waals surface area (Å²) >= 11 is 0. The van der Waals surface area contributed by atoms with Gasteiger partial charge >= 0.3 is 0 Å². The molecule has 1 fully saturated rings. The van der Waals surface area contributed by atoms with Crippen molar-refractivity contribution >= 4 is 22.3 Å². The third kappa shape index (κ3) is 3.55. The van der Waals surface area contributed by atoms with E-state index in [9.17, 15) is 10.1 Å². The zero-order chi connectivity index (χ0) is 20.7. The van der Waals surface area contributed by atoms with Crippen molar-refractivity contribution in [2.45, 2.75) is 27.3 Å². The quantitative estimate of drug-likeness (QED) is 0.500. The number of para-hydroxylation sites is 1. The number of nitro groups is 1. The Hall–Kier alpha value is -3.00. The average molecular weight is 394 g/mol. The summed E-state index contributed by atoms with van der Waals surface area (Å²) in [5.74, 6) is 0. The van der Waals surface area contributed by atoms with Crippen molar-refractivity contribution in [2.24, 2.45) is 7.05 Å². The summed E-state index contributed by atoms with van der Waals surface area (Å²) < 4.78 is 1.94. The highest BCUT2D eigenvalue weighted by Crippen LogP contribution is 2.32. The number of benzene rings is 1. The number of non-ortho nitro benzene ring substituents is 1. The lowest BCUT2D eigenvalue weighted by Gasteiger charge is -2.36. The fourth-order valence-corrected chi connectivity index (χ4v) is 4.17. The summed E-state index contributed by atoms with van der Waals surface area (Å²) in [4.78, 5) is 20.3. The first-order chi connectivity index (χ1) is 13.8. The normalized spacial score (nSPS) is 15.2. The maximum atomic E-state index is 11.4. The van der Waals surface area contributed by atoms with Gasteiger partial charge in [-0.3, -0.25) is 19.7 Å². The van der Waals surface area contributed by atoms with E-state index in [0.29, 0.717) is 5.52 Å². The van der Waals surface area contributed by atoms with E-state index in [1.165, 1.54) is 17.3 Å². The molecule has 0 amide bonds. The van der Waals surface area contributed by atoms with Crippen molar-refractivity contribution in [3.05, 3.63) is 57.0 Å². The predicted octanol–water partition coefficient (Wildman–Crippen LogP) is 3.12. The van der Waals surface area contributed by atoms with E-state index in [1.54, 1.807) is 6.07 Å². The van der Waals surface area contributed by atoms with E-state index in [4.69, 9.17) is 0 Å². The smallest absolute Gasteiger partial charge is 0.295 e. The number of nitro benzene ring substituents is 1. The Morgan fingerprint density at radius 2 is 1.86 bits per heavy atom. The number of piperazine rings is 1. The molecule has 0 bridgehead atoms. The fourth-order valence-electron chi connectivity index (χ4n) is 4.17. The van der Waals surface area contributed by atoms with Crippen molar-refractivity contribution < 1.29 is 4.92 Å². The Kier molecular flexibility index (Phi) is 4.96. The summed E-state index contributed by atoms with van der Waals surface area (Å²) in [5.41, 5.74) is 5.98.